The summed E-state index contributed by atoms with van der Waals surface area (Å²) in [5.74, 6) is -1.86. The zero-order chi connectivity index (χ0) is 24.5. The third-order valence-electron chi connectivity index (χ3n) is 5.92. The number of likely N-dealkylation sites (N-methyl/N-ethyl adjacent to an activating group) is 1. The first-order chi connectivity index (χ1) is 16.2. The lowest BCUT2D eigenvalue weighted by molar-refractivity contribution is -0.906. The van der Waals surface area contributed by atoms with Crippen molar-refractivity contribution in [3.8, 4) is 0 Å². The van der Waals surface area contributed by atoms with Crippen molar-refractivity contribution in [2.75, 3.05) is 57.9 Å². The van der Waals surface area contributed by atoms with Crippen LogP contribution >= 0.6 is 23.3 Å². The van der Waals surface area contributed by atoms with E-state index in [1.807, 2.05) is 0 Å². The highest BCUT2D eigenvalue weighted by Crippen LogP contribution is 2.41. The third kappa shape index (κ3) is 4.73. The van der Waals surface area contributed by atoms with E-state index in [0.29, 0.717) is 16.8 Å². The monoisotopic (exact) mass is 511 g/mol. The van der Waals surface area contributed by atoms with Crippen molar-refractivity contribution in [2.45, 2.75) is 18.3 Å². The predicted octanol–water partition coefficient (Wildman–Crippen LogP) is -1.35. The Kier molecular flexibility index (Phi) is 7.06. The Balaban J connectivity index is 1.51. The molecule has 0 aromatic carbocycles. The lowest BCUT2D eigenvalue weighted by Crippen LogP contribution is -2.71. The maximum atomic E-state index is 13.0. The second-order valence-electron chi connectivity index (χ2n) is 8.41. The molecule has 2 amide bonds. The number of hydrogen-bond acceptors (Lipinski definition) is 11. The van der Waals surface area contributed by atoms with Crippen LogP contribution in [0.1, 0.15) is 12.7 Å². The molecule has 0 radical (unpaired) electrons. The number of amides is 2. The molecule has 2 saturated heterocycles. The molecule has 5 N–H and O–H groups in total. The Morgan fingerprint density at radius 2 is 2.15 bits per heavy atom. The molecule has 1 aromatic heterocycles. The number of aromatic nitrogens is 2. The van der Waals surface area contributed by atoms with Crippen LogP contribution in [0.4, 0.5) is 5.13 Å². The minimum atomic E-state index is -1.14. The average Bonchev–Trinajstić information content (AvgIpc) is 3.23. The van der Waals surface area contributed by atoms with Crippen molar-refractivity contribution >= 4 is 51.9 Å². The van der Waals surface area contributed by atoms with E-state index in [-0.39, 0.29) is 29.0 Å². The van der Waals surface area contributed by atoms with E-state index in [0.717, 1.165) is 43.3 Å². The van der Waals surface area contributed by atoms with Crippen LogP contribution in [0, 0.1) is 0 Å². The van der Waals surface area contributed by atoms with Gasteiger partial charge in [0.15, 0.2) is 5.13 Å². The van der Waals surface area contributed by atoms with E-state index >= 15 is 0 Å². The Morgan fingerprint density at radius 1 is 1.41 bits per heavy atom. The van der Waals surface area contributed by atoms with Crippen molar-refractivity contribution in [3.05, 3.63) is 17.1 Å². The van der Waals surface area contributed by atoms with E-state index in [9.17, 15) is 19.5 Å². The fourth-order valence-corrected chi connectivity index (χ4v) is 5.98. The minimum Gasteiger partial charge on any atom is -0.477 e. The molecule has 4 heterocycles. The van der Waals surface area contributed by atoms with E-state index in [1.165, 1.54) is 16.7 Å². The Bertz CT molecular complexity index is 1050. The van der Waals surface area contributed by atoms with Gasteiger partial charge in [-0.15, -0.1) is 11.8 Å². The molecule has 1 aromatic rings. The van der Waals surface area contributed by atoms with Crippen LogP contribution in [-0.2, 0) is 19.2 Å². The fourth-order valence-electron chi connectivity index (χ4n) is 4.21. The van der Waals surface area contributed by atoms with Crippen LogP contribution in [0.15, 0.2) is 16.4 Å². The summed E-state index contributed by atoms with van der Waals surface area (Å²) in [5, 5.41) is 19.3. The number of hydrogen-bond donors (Lipinski definition) is 4. The van der Waals surface area contributed by atoms with Crippen molar-refractivity contribution < 1.29 is 28.8 Å². The topological polar surface area (TPSA) is 172 Å². The summed E-state index contributed by atoms with van der Waals surface area (Å²) in [5.41, 5.74) is 6.17. The number of rotatable bonds is 8. The SMILES string of the molecule is CCON=C(C(=O)N[C@@H]1C(=O)N2C(C(=O)O)=C(C[N+]3(C)CCNCC3)CS[C@@H]12)c1nsc(N)n1. The Morgan fingerprint density at radius 3 is 2.76 bits per heavy atom. The molecular weight excluding hydrogens is 484 g/mol. The van der Waals surface area contributed by atoms with Crippen LogP contribution in [-0.4, -0.2) is 111 Å². The molecule has 34 heavy (non-hydrogen) atoms. The van der Waals surface area contributed by atoms with Gasteiger partial charge in [-0.2, -0.15) is 9.36 Å². The Labute approximate surface area is 204 Å². The molecule has 0 unspecified atom stereocenters. The van der Waals surface area contributed by atoms with Gasteiger partial charge in [-0.05, 0) is 6.92 Å². The van der Waals surface area contributed by atoms with Gasteiger partial charge >= 0.3 is 5.97 Å². The van der Waals surface area contributed by atoms with Gasteiger partial charge in [-0.1, -0.05) is 5.16 Å². The molecule has 3 aliphatic heterocycles. The highest BCUT2D eigenvalue weighted by atomic mass is 32.2. The van der Waals surface area contributed by atoms with Gasteiger partial charge in [-0.25, -0.2) is 4.79 Å². The van der Waals surface area contributed by atoms with E-state index in [1.54, 1.807) is 6.92 Å². The molecule has 4 rings (SSSR count). The van der Waals surface area contributed by atoms with Gasteiger partial charge in [0.2, 0.25) is 11.5 Å². The predicted molar refractivity (Wildman–Crippen MR) is 126 cm³/mol. The number of quaternary nitrogens is 1. The number of thioether (sulfide) groups is 1. The van der Waals surface area contributed by atoms with Crippen molar-refractivity contribution in [1.82, 2.24) is 24.9 Å². The van der Waals surface area contributed by atoms with Crippen LogP contribution in [0.5, 0.6) is 0 Å². The number of nitrogens with one attached hydrogen (secondary N) is 2. The fraction of sp³-hybridized carbons (Fsp3) is 0.579. The molecule has 0 saturated carbocycles. The lowest BCUT2D eigenvalue weighted by Gasteiger charge is -2.50. The van der Waals surface area contributed by atoms with E-state index < -0.39 is 29.2 Å². The minimum absolute atomic E-state index is 0.00485. The number of oxime groups is 1. The lowest BCUT2D eigenvalue weighted by atomic mass is 10.0. The normalized spacial score (nSPS) is 24.4. The summed E-state index contributed by atoms with van der Waals surface area (Å²) < 4.78 is 4.71. The largest absolute Gasteiger partial charge is 0.477 e. The zero-order valence-corrected chi connectivity index (χ0v) is 20.4. The molecule has 15 heteroatoms. The zero-order valence-electron chi connectivity index (χ0n) is 18.8. The van der Waals surface area contributed by atoms with Crippen LogP contribution in [0.3, 0.4) is 0 Å². The quantitative estimate of drug-likeness (QED) is 0.141. The number of β-lactam (4-membered cyclic amide) rings is 1. The first-order valence-electron chi connectivity index (χ1n) is 10.8. The number of aliphatic carboxylic acids is 1. The number of nitrogens with two attached hydrogens (primary N) is 1. The number of carbonyl (C=O) groups is 3. The molecule has 2 atom stereocenters. The highest BCUT2D eigenvalue weighted by Gasteiger charge is 2.55. The first kappa shape index (κ1) is 24.4. The van der Waals surface area contributed by atoms with E-state index in [2.05, 4.69) is 32.2 Å². The van der Waals surface area contributed by atoms with E-state index in [4.69, 9.17) is 10.6 Å². The average molecular weight is 512 g/mol. The van der Waals surface area contributed by atoms with Crippen molar-refractivity contribution in [2.24, 2.45) is 5.16 Å². The van der Waals surface area contributed by atoms with Crippen molar-refractivity contribution in [3.63, 3.8) is 0 Å². The van der Waals surface area contributed by atoms with Crippen LogP contribution in [0.2, 0.25) is 0 Å². The summed E-state index contributed by atoms with van der Waals surface area (Å²) in [7, 11) is 2.10. The smallest absolute Gasteiger partial charge is 0.352 e. The highest BCUT2D eigenvalue weighted by molar-refractivity contribution is 8.00. The number of fused-ring (bicyclic) bond motifs is 1. The van der Waals surface area contributed by atoms with Gasteiger partial charge in [0.1, 0.15) is 30.3 Å². The maximum Gasteiger partial charge on any atom is 0.352 e. The first-order valence-corrected chi connectivity index (χ1v) is 12.6. The maximum absolute atomic E-state index is 13.0. The van der Waals surface area contributed by atoms with Gasteiger partial charge < -0.3 is 30.8 Å². The number of piperazine rings is 1. The van der Waals surface area contributed by atoms with Crippen LogP contribution in [0.25, 0.3) is 0 Å². The molecule has 184 valence electrons. The molecule has 0 aliphatic carbocycles. The molecular formula is C19H27N8O5S2+. The number of carboxylic acids is 1. The number of nitrogens with zero attached hydrogens (tertiary/aromatic N) is 5. The number of carboxylic acid groups (broad SMARTS) is 1. The molecule has 3 aliphatic rings. The van der Waals surface area contributed by atoms with Gasteiger partial charge in [0, 0.05) is 35.9 Å². The number of nitrogen functional groups attached to an aromatic ring is 1. The second kappa shape index (κ2) is 9.85. The summed E-state index contributed by atoms with van der Waals surface area (Å²) in [6, 6.07) is -0.903. The summed E-state index contributed by atoms with van der Waals surface area (Å²) in [6.45, 7) is 5.98. The summed E-state index contributed by atoms with van der Waals surface area (Å²) >= 11 is 2.34. The molecule has 2 fully saturated rings. The third-order valence-corrected chi connectivity index (χ3v) is 7.80. The van der Waals surface area contributed by atoms with Gasteiger partial charge in [0.25, 0.3) is 11.8 Å². The number of anilines is 1. The van der Waals surface area contributed by atoms with Crippen LogP contribution < -0.4 is 16.4 Å². The number of carbonyl (C=O) groups excluding carboxylic acids is 2. The van der Waals surface area contributed by atoms with Crippen molar-refractivity contribution in [1.29, 1.82) is 0 Å². The Hall–Kier alpha value is -2.75. The summed E-state index contributed by atoms with van der Waals surface area (Å²) in [6.07, 6.45) is 0. The molecule has 0 bridgehead atoms. The molecule has 0 spiro atoms. The van der Waals surface area contributed by atoms with Gasteiger partial charge in [-0.3, -0.25) is 14.5 Å². The second-order valence-corrected chi connectivity index (χ2v) is 10.3. The summed E-state index contributed by atoms with van der Waals surface area (Å²) in [4.78, 5) is 48.3. The van der Waals surface area contributed by atoms with Gasteiger partial charge in [0.05, 0.1) is 20.1 Å². The standard InChI is InChI=1S/C19H26N8O5S2/c1-3-32-24-11(14-23-19(20)34-25-14)15(28)22-12-16(29)26-13(18(30)31)10(9-33-17(12)26)8-27(2)6-4-21-5-7-27/h12,17,21H,3-9H2,1-2H3,(H3-,20,22,23,25,28,30,31)/p+1/t12-,17+/m1/s1. The molecule has 13 nitrogen and oxygen atoms in total.